The third-order valence-electron chi connectivity index (χ3n) is 7.02. The number of nitrogens with zero attached hydrogens (tertiary/aromatic N) is 1. The van der Waals surface area contributed by atoms with Crippen molar-refractivity contribution in [2.45, 2.75) is 56.8 Å². The summed E-state index contributed by atoms with van der Waals surface area (Å²) in [7, 11) is 1.58. The molecule has 2 aliphatic rings. The van der Waals surface area contributed by atoms with E-state index in [4.69, 9.17) is 14.2 Å². The van der Waals surface area contributed by atoms with Crippen molar-refractivity contribution in [2.75, 3.05) is 40.0 Å². The molecule has 0 bridgehead atoms. The second kappa shape index (κ2) is 13.6. The second-order valence-corrected chi connectivity index (χ2v) is 9.88. The lowest BCUT2D eigenvalue weighted by atomic mass is 10.00. The van der Waals surface area contributed by atoms with Crippen molar-refractivity contribution in [1.29, 1.82) is 0 Å². The van der Waals surface area contributed by atoms with Crippen LogP contribution in [0.15, 0.2) is 42.5 Å². The fourth-order valence-electron chi connectivity index (χ4n) is 4.88. The number of amides is 1. The van der Waals surface area contributed by atoms with Crippen LogP contribution in [0.4, 0.5) is 4.39 Å². The fourth-order valence-corrected chi connectivity index (χ4v) is 4.88. The number of benzene rings is 2. The standard InChI is InChI=1S/C29H37FN2O6.H2/c1-36-23-10-7-20(8-11-23)25(33)5-3-2-4-6-28(34)31-24(19-32-14-13-22(30)18-32)29(35)21-9-12-26-27(17-21)38-16-15-37-26;/h7-12,17,22,24,29,35H,2-6,13-16,18-19H2,1H3,(H,31,34);1H/t22-,24-,29-;/m1./s1. The molecule has 8 nitrogen and oxygen atoms in total. The number of ketones is 1. The van der Waals surface area contributed by atoms with Gasteiger partial charge in [-0.05, 0) is 61.2 Å². The zero-order chi connectivity index (χ0) is 26.9. The van der Waals surface area contributed by atoms with Crippen LogP contribution < -0.4 is 19.5 Å². The van der Waals surface area contributed by atoms with Gasteiger partial charge >= 0.3 is 0 Å². The molecule has 2 aromatic rings. The highest BCUT2D eigenvalue weighted by molar-refractivity contribution is 5.96. The summed E-state index contributed by atoms with van der Waals surface area (Å²) < 4.78 is 30.1. The number of aliphatic hydroxyl groups excluding tert-OH is 1. The molecule has 208 valence electrons. The maximum absolute atomic E-state index is 13.8. The molecule has 0 unspecified atom stereocenters. The van der Waals surface area contributed by atoms with Crippen LogP contribution in [0, 0.1) is 0 Å². The summed E-state index contributed by atoms with van der Waals surface area (Å²) in [4.78, 5) is 27.1. The lowest BCUT2D eigenvalue weighted by Gasteiger charge is -2.29. The van der Waals surface area contributed by atoms with E-state index in [1.165, 1.54) is 0 Å². The summed E-state index contributed by atoms with van der Waals surface area (Å²) in [6.45, 7) is 2.14. The van der Waals surface area contributed by atoms with Gasteiger partial charge in [0.1, 0.15) is 31.2 Å². The first-order chi connectivity index (χ1) is 18.4. The largest absolute Gasteiger partial charge is 0.497 e. The maximum Gasteiger partial charge on any atom is 0.220 e. The third-order valence-corrected chi connectivity index (χ3v) is 7.02. The normalized spacial score (nSPS) is 18.6. The Labute approximate surface area is 224 Å². The van der Waals surface area contributed by atoms with Crippen LogP contribution in [-0.4, -0.2) is 73.9 Å². The SMILES string of the molecule is COc1ccc(C(=O)CCCCCC(=O)N[C@H](CN2CC[C@@H](F)C2)[C@H](O)c2ccc3c(c2)OCCO3)cc1.[HH]. The molecule has 0 aliphatic carbocycles. The minimum absolute atomic E-state index is 0. The second-order valence-electron chi connectivity index (χ2n) is 9.88. The number of rotatable bonds is 13. The summed E-state index contributed by atoms with van der Waals surface area (Å²) in [6, 6.07) is 11.7. The number of methoxy groups -OCH3 is 1. The Bertz CT molecular complexity index is 1090. The number of ether oxygens (including phenoxy) is 3. The van der Waals surface area contributed by atoms with Crippen LogP contribution in [0.5, 0.6) is 17.2 Å². The Balaban J connectivity index is 0.00000420. The van der Waals surface area contributed by atoms with E-state index in [1.807, 2.05) is 4.90 Å². The minimum Gasteiger partial charge on any atom is -0.497 e. The number of unbranched alkanes of at least 4 members (excludes halogenated alkanes) is 2. The smallest absolute Gasteiger partial charge is 0.220 e. The van der Waals surface area contributed by atoms with Gasteiger partial charge in [0, 0.05) is 39.5 Å². The Morgan fingerprint density at radius 1 is 1.11 bits per heavy atom. The average Bonchev–Trinajstić information content (AvgIpc) is 3.36. The van der Waals surface area contributed by atoms with Crippen LogP contribution in [0.2, 0.25) is 0 Å². The zero-order valence-corrected chi connectivity index (χ0v) is 21.9. The molecule has 0 spiro atoms. The summed E-state index contributed by atoms with van der Waals surface area (Å²) in [6.07, 6.45) is 1.33. The first-order valence-electron chi connectivity index (χ1n) is 13.3. The van der Waals surface area contributed by atoms with Crippen molar-refractivity contribution in [3.8, 4) is 17.2 Å². The van der Waals surface area contributed by atoms with Gasteiger partial charge in [0.2, 0.25) is 5.91 Å². The van der Waals surface area contributed by atoms with Crippen molar-refractivity contribution >= 4 is 11.7 Å². The Morgan fingerprint density at radius 2 is 1.84 bits per heavy atom. The number of hydrogen-bond acceptors (Lipinski definition) is 7. The van der Waals surface area contributed by atoms with Crippen molar-refractivity contribution in [1.82, 2.24) is 10.2 Å². The van der Waals surface area contributed by atoms with Crippen molar-refractivity contribution < 1.29 is 34.7 Å². The predicted molar refractivity (Wildman–Crippen MR) is 143 cm³/mol. The van der Waals surface area contributed by atoms with E-state index in [-0.39, 0.29) is 19.5 Å². The number of alkyl halides is 1. The van der Waals surface area contributed by atoms with E-state index in [9.17, 15) is 19.1 Å². The average molecular weight is 531 g/mol. The van der Waals surface area contributed by atoms with Gasteiger partial charge < -0.3 is 24.6 Å². The molecule has 2 aromatic carbocycles. The number of aliphatic hydroxyl groups is 1. The van der Waals surface area contributed by atoms with Gasteiger partial charge in [-0.1, -0.05) is 12.5 Å². The quantitative estimate of drug-likeness (QED) is 0.297. The van der Waals surface area contributed by atoms with E-state index in [1.54, 1.807) is 49.6 Å². The number of Topliss-reactive ketones (excluding diaryl/α,β-unsaturated/α-hetero) is 1. The van der Waals surface area contributed by atoms with Gasteiger partial charge in [-0.3, -0.25) is 14.5 Å². The molecule has 2 N–H and O–H groups in total. The predicted octanol–water partition coefficient (Wildman–Crippen LogP) is 4.11. The van der Waals surface area contributed by atoms with Crippen molar-refractivity contribution in [3.63, 3.8) is 0 Å². The highest BCUT2D eigenvalue weighted by Gasteiger charge is 2.30. The number of carbonyl (C=O) groups is 2. The van der Waals surface area contributed by atoms with Gasteiger partial charge in [0.05, 0.1) is 13.2 Å². The number of fused-ring (bicyclic) bond motifs is 1. The molecule has 9 heteroatoms. The van der Waals surface area contributed by atoms with Crippen molar-refractivity contribution in [3.05, 3.63) is 53.6 Å². The van der Waals surface area contributed by atoms with E-state index >= 15 is 0 Å². The van der Waals surface area contributed by atoms with Gasteiger partial charge in [-0.2, -0.15) is 0 Å². The van der Waals surface area contributed by atoms with Gasteiger partial charge in [0.15, 0.2) is 17.3 Å². The number of likely N-dealkylation sites (tertiary alicyclic amines) is 1. The number of nitrogens with one attached hydrogen (secondary N) is 1. The lowest BCUT2D eigenvalue weighted by Crippen LogP contribution is -2.46. The first-order valence-corrected chi connectivity index (χ1v) is 13.3. The molecular weight excluding hydrogens is 491 g/mol. The van der Waals surface area contributed by atoms with Crippen LogP contribution in [0.1, 0.15) is 62.0 Å². The molecular formula is C29H39FN2O6. The van der Waals surface area contributed by atoms with Gasteiger partial charge in [-0.15, -0.1) is 0 Å². The molecule has 2 heterocycles. The molecule has 38 heavy (non-hydrogen) atoms. The van der Waals surface area contributed by atoms with Crippen LogP contribution in [-0.2, 0) is 4.79 Å². The molecule has 0 radical (unpaired) electrons. The van der Waals surface area contributed by atoms with E-state index in [0.717, 1.165) is 6.42 Å². The summed E-state index contributed by atoms with van der Waals surface area (Å²) >= 11 is 0. The Kier molecular flexibility index (Phi) is 9.95. The fraction of sp³-hybridized carbons (Fsp3) is 0.517. The monoisotopic (exact) mass is 530 g/mol. The highest BCUT2D eigenvalue weighted by Crippen LogP contribution is 2.33. The molecule has 0 saturated carbocycles. The summed E-state index contributed by atoms with van der Waals surface area (Å²) in [5.41, 5.74) is 1.25. The topological polar surface area (TPSA) is 97.3 Å². The van der Waals surface area contributed by atoms with Crippen LogP contribution >= 0.6 is 0 Å². The molecule has 1 fully saturated rings. The Morgan fingerprint density at radius 3 is 2.55 bits per heavy atom. The van der Waals surface area contributed by atoms with Crippen molar-refractivity contribution in [2.24, 2.45) is 0 Å². The van der Waals surface area contributed by atoms with Gasteiger partial charge in [0.25, 0.3) is 0 Å². The number of halogens is 1. The number of carbonyl (C=O) groups excluding carboxylic acids is 2. The summed E-state index contributed by atoms with van der Waals surface area (Å²) in [5.74, 6) is 1.78. The zero-order valence-electron chi connectivity index (χ0n) is 21.9. The molecule has 4 rings (SSSR count). The van der Waals surface area contributed by atoms with Crippen LogP contribution in [0.25, 0.3) is 0 Å². The van der Waals surface area contributed by atoms with Gasteiger partial charge in [-0.25, -0.2) is 4.39 Å². The third kappa shape index (κ3) is 7.68. The summed E-state index contributed by atoms with van der Waals surface area (Å²) in [5, 5.41) is 14.2. The first kappa shape index (κ1) is 27.9. The molecule has 2 aliphatic heterocycles. The molecule has 1 amide bonds. The molecule has 3 atom stereocenters. The lowest BCUT2D eigenvalue weighted by molar-refractivity contribution is -0.123. The van der Waals surface area contributed by atoms with E-state index in [2.05, 4.69) is 5.32 Å². The van der Waals surface area contributed by atoms with E-state index in [0.29, 0.717) is 86.9 Å². The van der Waals surface area contributed by atoms with E-state index < -0.39 is 18.3 Å². The maximum atomic E-state index is 13.8. The molecule has 0 aromatic heterocycles. The minimum atomic E-state index is -0.990. The molecule has 1 saturated heterocycles. The van der Waals surface area contributed by atoms with Crippen LogP contribution in [0.3, 0.4) is 0 Å². The number of hydrogen-bond donors (Lipinski definition) is 2. The Hall–Kier alpha value is -3.17. The highest BCUT2D eigenvalue weighted by atomic mass is 19.1.